The van der Waals surface area contributed by atoms with E-state index in [2.05, 4.69) is 20.7 Å². The van der Waals surface area contributed by atoms with Gasteiger partial charge in [-0.15, -0.1) is 0 Å². The van der Waals surface area contributed by atoms with Crippen molar-refractivity contribution in [2.75, 3.05) is 18.5 Å². The van der Waals surface area contributed by atoms with Crippen molar-refractivity contribution in [3.8, 4) is 11.5 Å². The van der Waals surface area contributed by atoms with Crippen LogP contribution in [-0.2, 0) is 18.8 Å². The number of carbonyl (C=O) groups excluding carboxylic acids is 1. The van der Waals surface area contributed by atoms with Crippen molar-refractivity contribution in [2.24, 2.45) is 14.1 Å². The van der Waals surface area contributed by atoms with Gasteiger partial charge in [0, 0.05) is 45.7 Å². The molecule has 8 heteroatoms. The maximum Gasteiger partial charge on any atom is 0.320 e. The average Bonchev–Trinajstić information content (AvgIpc) is 3.14. The van der Waals surface area contributed by atoms with Crippen LogP contribution < -0.4 is 10.6 Å². The summed E-state index contributed by atoms with van der Waals surface area (Å²) in [7, 11) is 3.70. The molecule has 1 aliphatic rings. The Labute approximate surface area is 141 Å². The summed E-state index contributed by atoms with van der Waals surface area (Å²) in [5.41, 5.74) is 0.718. The summed E-state index contributed by atoms with van der Waals surface area (Å²) in [5.74, 6) is 1.38. The number of rotatable bonds is 5. The van der Waals surface area contributed by atoms with Crippen molar-refractivity contribution in [1.82, 2.24) is 24.6 Å². The molecule has 0 radical (unpaired) electrons. The molecule has 0 spiro atoms. The summed E-state index contributed by atoms with van der Waals surface area (Å²) in [4.78, 5) is 16.3. The first kappa shape index (κ1) is 16.5. The van der Waals surface area contributed by atoms with E-state index < -0.39 is 0 Å². The van der Waals surface area contributed by atoms with Gasteiger partial charge in [-0.3, -0.25) is 10.00 Å². The highest BCUT2D eigenvalue weighted by Gasteiger charge is 2.15. The normalized spacial score (nSPS) is 17.7. The van der Waals surface area contributed by atoms with E-state index >= 15 is 0 Å². The maximum atomic E-state index is 12.0. The molecule has 2 aromatic rings. The van der Waals surface area contributed by atoms with Crippen molar-refractivity contribution >= 4 is 11.8 Å². The molecule has 1 unspecified atom stereocenters. The second kappa shape index (κ2) is 7.48. The molecule has 0 saturated carbocycles. The van der Waals surface area contributed by atoms with Gasteiger partial charge < -0.3 is 14.6 Å². The first-order valence-electron chi connectivity index (χ1n) is 8.31. The van der Waals surface area contributed by atoms with Crippen molar-refractivity contribution in [1.29, 1.82) is 0 Å². The lowest BCUT2D eigenvalue weighted by atomic mass is 10.1. The van der Waals surface area contributed by atoms with Gasteiger partial charge in [0.2, 0.25) is 0 Å². The van der Waals surface area contributed by atoms with E-state index in [-0.39, 0.29) is 12.1 Å². The van der Waals surface area contributed by atoms with E-state index in [4.69, 9.17) is 4.74 Å². The highest BCUT2D eigenvalue weighted by Crippen LogP contribution is 2.19. The van der Waals surface area contributed by atoms with Crippen LogP contribution in [0, 0.1) is 0 Å². The first-order chi connectivity index (χ1) is 11.6. The molecule has 2 aromatic heterocycles. The molecule has 2 N–H and O–H groups in total. The molecule has 8 nitrogen and oxygen atoms in total. The Morgan fingerprint density at radius 2 is 2.29 bits per heavy atom. The smallest absolute Gasteiger partial charge is 0.320 e. The SMILES string of the molecule is Cn1ccnc1-c1cc(NC(=O)NCCC2CCCCO2)n(C)n1. The van der Waals surface area contributed by atoms with Gasteiger partial charge in [-0.1, -0.05) is 0 Å². The number of urea groups is 1. The fraction of sp³-hybridized carbons (Fsp3) is 0.562. The van der Waals surface area contributed by atoms with Crippen molar-refractivity contribution in [3.05, 3.63) is 18.5 Å². The molecular weight excluding hydrogens is 308 g/mol. The van der Waals surface area contributed by atoms with Gasteiger partial charge in [0.15, 0.2) is 5.82 Å². The number of ether oxygens (including phenoxy) is 1. The summed E-state index contributed by atoms with van der Waals surface area (Å²) in [5, 5.41) is 10.1. The molecule has 3 heterocycles. The second-order valence-electron chi connectivity index (χ2n) is 6.06. The zero-order chi connectivity index (χ0) is 16.9. The second-order valence-corrected chi connectivity index (χ2v) is 6.06. The molecule has 0 bridgehead atoms. The molecule has 1 fully saturated rings. The lowest BCUT2D eigenvalue weighted by Crippen LogP contribution is -2.33. The van der Waals surface area contributed by atoms with Gasteiger partial charge in [0.05, 0.1) is 6.10 Å². The zero-order valence-corrected chi connectivity index (χ0v) is 14.2. The average molecular weight is 332 g/mol. The molecule has 1 aliphatic heterocycles. The van der Waals surface area contributed by atoms with Crippen molar-refractivity contribution < 1.29 is 9.53 Å². The highest BCUT2D eigenvalue weighted by molar-refractivity contribution is 5.88. The molecule has 0 aliphatic carbocycles. The number of nitrogens with zero attached hydrogens (tertiary/aromatic N) is 4. The predicted octanol–water partition coefficient (Wildman–Crippen LogP) is 1.90. The molecule has 1 saturated heterocycles. The molecule has 24 heavy (non-hydrogen) atoms. The van der Waals surface area contributed by atoms with Crippen LogP contribution in [0.5, 0.6) is 0 Å². The molecular formula is C16H24N6O2. The lowest BCUT2D eigenvalue weighted by molar-refractivity contribution is 0.0120. The van der Waals surface area contributed by atoms with Gasteiger partial charge >= 0.3 is 6.03 Å². The van der Waals surface area contributed by atoms with Gasteiger partial charge in [-0.2, -0.15) is 5.10 Å². The Bertz CT molecular complexity index is 687. The van der Waals surface area contributed by atoms with Crippen molar-refractivity contribution in [2.45, 2.75) is 31.8 Å². The summed E-state index contributed by atoms with van der Waals surface area (Å²) in [6.07, 6.45) is 8.13. The molecule has 1 atom stereocenters. The van der Waals surface area contributed by atoms with Crippen LogP contribution in [-0.4, -0.2) is 44.6 Å². The minimum atomic E-state index is -0.236. The van der Waals surface area contributed by atoms with Crippen LogP contribution in [0.4, 0.5) is 10.6 Å². The lowest BCUT2D eigenvalue weighted by Gasteiger charge is -2.22. The van der Waals surface area contributed by atoms with Gasteiger partial charge in [0.1, 0.15) is 11.5 Å². The van der Waals surface area contributed by atoms with E-state index in [0.29, 0.717) is 12.4 Å². The standard InChI is InChI=1S/C16H24N6O2/c1-21-9-8-17-15(21)13-11-14(22(2)20-13)19-16(23)18-7-6-12-5-3-4-10-24-12/h8-9,11-12H,3-7,10H2,1-2H3,(H2,18,19,23). The third-order valence-electron chi connectivity index (χ3n) is 4.20. The highest BCUT2D eigenvalue weighted by atomic mass is 16.5. The minimum absolute atomic E-state index is 0.236. The number of aromatic nitrogens is 4. The molecule has 130 valence electrons. The summed E-state index contributed by atoms with van der Waals surface area (Å²) < 4.78 is 9.18. The number of amides is 2. The van der Waals surface area contributed by atoms with Crippen LogP contribution >= 0.6 is 0 Å². The number of carbonyl (C=O) groups is 1. The van der Waals surface area contributed by atoms with E-state index in [9.17, 15) is 4.79 Å². The predicted molar refractivity (Wildman–Crippen MR) is 90.6 cm³/mol. The Hall–Kier alpha value is -2.35. The van der Waals surface area contributed by atoms with Crippen LogP contribution in [0.25, 0.3) is 11.5 Å². The summed E-state index contributed by atoms with van der Waals surface area (Å²) in [6.45, 7) is 1.43. The number of hydrogen-bond acceptors (Lipinski definition) is 4. The van der Waals surface area contributed by atoms with Gasteiger partial charge in [-0.05, 0) is 25.7 Å². The number of nitrogens with one attached hydrogen (secondary N) is 2. The number of hydrogen-bond donors (Lipinski definition) is 2. The quantitative estimate of drug-likeness (QED) is 0.875. The minimum Gasteiger partial charge on any atom is -0.378 e. The third kappa shape index (κ3) is 3.94. The third-order valence-corrected chi connectivity index (χ3v) is 4.20. The van der Waals surface area contributed by atoms with E-state index in [1.165, 1.54) is 6.42 Å². The number of aryl methyl sites for hydroxylation is 2. The first-order valence-corrected chi connectivity index (χ1v) is 8.31. The summed E-state index contributed by atoms with van der Waals surface area (Å²) >= 11 is 0. The monoisotopic (exact) mass is 332 g/mol. The molecule has 2 amide bonds. The Balaban J connectivity index is 1.51. The largest absolute Gasteiger partial charge is 0.378 e. The topological polar surface area (TPSA) is 86.0 Å². The van der Waals surface area contributed by atoms with E-state index in [1.807, 2.05) is 23.9 Å². The van der Waals surface area contributed by atoms with Crippen LogP contribution in [0.2, 0.25) is 0 Å². The van der Waals surface area contributed by atoms with Crippen molar-refractivity contribution in [3.63, 3.8) is 0 Å². The van der Waals surface area contributed by atoms with E-state index in [0.717, 1.165) is 37.4 Å². The Kier molecular flexibility index (Phi) is 5.14. The van der Waals surface area contributed by atoms with Crippen LogP contribution in [0.1, 0.15) is 25.7 Å². The molecule has 0 aromatic carbocycles. The zero-order valence-electron chi connectivity index (χ0n) is 14.2. The number of imidazole rings is 1. The van der Waals surface area contributed by atoms with Gasteiger partial charge in [-0.25, -0.2) is 9.78 Å². The summed E-state index contributed by atoms with van der Waals surface area (Å²) in [6, 6.07) is 1.58. The van der Waals surface area contributed by atoms with Crippen LogP contribution in [0.3, 0.4) is 0 Å². The van der Waals surface area contributed by atoms with E-state index in [1.54, 1.807) is 17.9 Å². The van der Waals surface area contributed by atoms with Gasteiger partial charge in [0.25, 0.3) is 0 Å². The molecule has 3 rings (SSSR count). The fourth-order valence-electron chi connectivity index (χ4n) is 2.85. The fourth-order valence-corrected chi connectivity index (χ4v) is 2.85. The number of anilines is 1. The Morgan fingerprint density at radius 1 is 1.42 bits per heavy atom. The maximum absolute atomic E-state index is 12.0. The Morgan fingerprint density at radius 3 is 3.00 bits per heavy atom. The van der Waals surface area contributed by atoms with Crippen LogP contribution in [0.15, 0.2) is 18.5 Å².